The second-order valence-electron chi connectivity index (χ2n) is 6.87. The zero-order valence-corrected chi connectivity index (χ0v) is 16.1. The quantitative estimate of drug-likeness (QED) is 0.484. The van der Waals surface area contributed by atoms with Crippen molar-refractivity contribution in [2.45, 2.75) is 31.8 Å². The van der Waals surface area contributed by atoms with Crippen LogP contribution < -0.4 is 5.32 Å². The predicted octanol–water partition coefficient (Wildman–Crippen LogP) is 2.95. The first-order valence-electron chi connectivity index (χ1n) is 9.16. The van der Waals surface area contributed by atoms with E-state index in [-0.39, 0.29) is 5.97 Å². The van der Waals surface area contributed by atoms with Crippen LogP contribution >= 0.6 is 0 Å². The topological polar surface area (TPSA) is 66.8 Å². The Hall–Kier alpha value is -2.89. The van der Waals surface area contributed by atoms with E-state index in [1.165, 1.54) is 7.11 Å². The molecule has 1 heterocycles. The van der Waals surface area contributed by atoms with E-state index in [0.29, 0.717) is 24.6 Å². The van der Waals surface area contributed by atoms with E-state index in [1.54, 1.807) is 0 Å². The van der Waals surface area contributed by atoms with Gasteiger partial charge in [-0.25, -0.2) is 9.79 Å². The lowest BCUT2D eigenvalue weighted by Gasteiger charge is -2.18. The Morgan fingerprint density at radius 3 is 2.59 bits per heavy atom. The highest BCUT2D eigenvalue weighted by atomic mass is 16.5. The number of methoxy groups -OCH3 is 1. The molecule has 0 amide bonds. The van der Waals surface area contributed by atoms with Gasteiger partial charge in [0.05, 0.1) is 37.2 Å². The van der Waals surface area contributed by atoms with Crippen molar-refractivity contribution in [3.05, 3.63) is 65.0 Å². The number of benzene rings is 1. The molecule has 0 aliphatic heterocycles. The number of nitrogens with zero attached hydrogens (tertiary/aromatic N) is 3. The average Bonchev–Trinajstić information content (AvgIpc) is 3.53. The van der Waals surface area contributed by atoms with Crippen molar-refractivity contribution < 1.29 is 9.53 Å². The summed E-state index contributed by atoms with van der Waals surface area (Å²) >= 11 is 0. The third-order valence-electron chi connectivity index (χ3n) is 4.46. The van der Waals surface area contributed by atoms with Crippen molar-refractivity contribution in [2.24, 2.45) is 4.99 Å². The first-order valence-corrected chi connectivity index (χ1v) is 9.16. The van der Waals surface area contributed by atoms with Crippen LogP contribution in [0.2, 0.25) is 0 Å². The maximum Gasteiger partial charge on any atom is 0.339 e. The molecule has 1 aliphatic carbocycles. The van der Waals surface area contributed by atoms with Gasteiger partial charge < -0.3 is 15.0 Å². The molecule has 0 atom stereocenters. The van der Waals surface area contributed by atoms with Crippen LogP contribution in [-0.2, 0) is 17.8 Å². The van der Waals surface area contributed by atoms with Crippen LogP contribution in [0, 0.1) is 0 Å². The lowest BCUT2D eigenvalue weighted by molar-refractivity contribution is 0.0598. The molecule has 1 aromatic heterocycles. The second kappa shape index (κ2) is 8.66. The Balaban J connectivity index is 1.70. The SMILES string of the molecule is COC(=O)c1ccc(CNC(=NCc2ccccc2)N(C)C)nc1C1CC1. The maximum atomic E-state index is 11.9. The van der Waals surface area contributed by atoms with Gasteiger partial charge in [-0.1, -0.05) is 30.3 Å². The fraction of sp³-hybridized carbons (Fsp3) is 0.381. The van der Waals surface area contributed by atoms with Gasteiger partial charge >= 0.3 is 5.97 Å². The predicted molar refractivity (Wildman–Crippen MR) is 106 cm³/mol. The summed E-state index contributed by atoms with van der Waals surface area (Å²) in [6, 6.07) is 13.8. The number of nitrogens with one attached hydrogen (secondary N) is 1. The Morgan fingerprint density at radius 1 is 1.22 bits per heavy atom. The Labute approximate surface area is 160 Å². The minimum atomic E-state index is -0.317. The van der Waals surface area contributed by atoms with Gasteiger partial charge in [-0.2, -0.15) is 0 Å². The number of carbonyl (C=O) groups excluding carboxylic acids is 1. The molecule has 0 bridgehead atoms. The third-order valence-corrected chi connectivity index (χ3v) is 4.46. The van der Waals surface area contributed by atoms with Crippen LogP contribution in [0.1, 0.15) is 46.1 Å². The number of ether oxygens (including phenoxy) is 1. The van der Waals surface area contributed by atoms with Crippen molar-refractivity contribution in [1.82, 2.24) is 15.2 Å². The van der Waals surface area contributed by atoms with Crippen LogP contribution in [0.5, 0.6) is 0 Å². The molecule has 0 saturated heterocycles. The molecule has 1 aliphatic rings. The summed E-state index contributed by atoms with van der Waals surface area (Å²) in [7, 11) is 5.32. The molecular formula is C21H26N4O2. The largest absolute Gasteiger partial charge is 0.465 e. The number of aliphatic imine (C=N–C) groups is 1. The zero-order valence-electron chi connectivity index (χ0n) is 16.1. The van der Waals surface area contributed by atoms with Gasteiger partial charge in [-0.15, -0.1) is 0 Å². The van der Waals surface area contributed by atoms with Crippen LogP contribution in [0.25, 0.3) is 0 Å². The van der Waals surface area contributed by atoms with Crippen molar-refractivity contribution in [2.75, 3.05) is 21.2 Å². The summed E-state index contributed by atoms with van der Waals surface area (Å²) in [5, 5.41) is 3.35. The fourth-order valence-electron chi connectivity index (χ4n) is 2.84. The first-order chi connectivity index (χ1) is 13.1. The van der Waals surface area contributed by atoms with E-state index in [0.717, 1.165) is 35.8 Å². The normalized spacial score (nSPS) is 14.0. The van der Waals surface area contributed by atoms with Crippen molar-refractivity contribution in [1.29, 1.82) is 0 Å². The molecule has 1 aromatic carbocycles. The lowest BCUT2D eigenvalue weighted by atomic mass is 10.1. The van der Waals surface area contributed by atoms with E-state index in [9.17, 15) is 4.79 Å². The van der Waals surface area contributed by atoms with Crippen LogP contribution in [0.15, 0.2) is 47.5 Å². The molecule has 1 fully saturated rings. The van der Waals surface area contributed by atoms with Gasteiger partial charge in [0, 0.05) is 20.0 Å². The van der Waals surface area contributed by atoms with Gasteiger partial charge in [-0.3, -0.25) is 4.98 Å². The Bertz CT molecular complexity index is 814. The standard InChI is InChI=1S/C21H26N4O2/c1-25(2)21(22-13-15-7-5-4-6-8-15)23-14-17-11-12-18(20(26)27-3)19(24-17)16-9-10-16/h4-8,11-12,16H,9-10,13-14H2,1-3H3,(H,22,23). The lowest BCUT2D eigenvalue weighted by Crippen LogP contribution is -2.36. The highest BCUT2D eigenvalue weighted by molar-refractivity contribution is 5.90. The van der Waals surface area contributed by atoms with Crippen molar-refractivity contribution >= 4 is 11.9 Å². The van der Waals surface area contributed by atoms with Crippen LogP contribution in [0.4, 0.5) is 0 Å². The smallest absolute Gasteiger partial charge is 0.339 e. The molecule has 3 rings (SSSR count). The second-order valence-corrected chi connectivity index (χ2v) is 6.87. The van der Waals surface area contributed by atoms with Gasteiger partial charge in [0.2, 0.25) is 0 Å². The number of esters is 1. The highest BCUT2D eigenvalue weighted by Crippen LogP contribution is 2.40. The highest BCUT2D eigenvalue weighted by Gasteiger charge is 2.30. The first kappa shape index (κ1) is 18.9. The number of rotatable bonds is 6. The minimum Gasteiger partial charge on any atom is -0.465 e. The molecule has 142 valence electrons. The number of pyridine rings is 1. The number of hydrogen-bond acceptors (Lipinski definition) is 4. The van der Waals surface area contributed by atoms with Crippen LogP contribution in [0.3, 0.4) is 0 Å². The van der Waals surface area contributed by atoms with Gasteiger partial charge in [0.25, 0.3) is 0 Å². The average molecular weight is 366 g/mol. The Kier molecular flexibility index (Phi) is 6.06. The summed E-state index contributed by atoms with van der Waals surface area (Å²) in [6.45, 7) is 1.16. The molecule has 6 nitrogen and oxygen atoms in total. The van der Waals surface area contributed by atoms with E-state index in [1.807, 2.05) is 49.3 Å². The monoisotopic (exact) mass is 366 g/mol. The molecule has 2 aromatic rings. The molecule has 1 saturated carbocycles. The fourth-order valence-corrected chi connectivity index (χ4v) is 2.84. The number of hydrogen-bond donors (Lipinski definition) is 1. The molecule has 0 unspecified atom stereocenters. The number of carbonyl (C=O) groups is 1. The Morgan fingerprint density at radius 2 is 1.96 bits per heavy atom. The molecule has 0 radical (unpaired) electrons. The molecular weight excluding hydrogens is 340 g/mol. The summed E-state index contributed by atoms with van der Waals surface area (Å²) < 4.78 is 4.88. The van der Waals surface area contributed by atoms with Gasteiger partial charge in [0.15, 0.2) is 5.96 Å². The number of aromatic nitrogens is 1. The maximum absolute atomic E-state index is 11.9. The summed E-state index contributed by atoms with van der Waals surface area (Å²) in [6.07, 6.45) is 2.16. The van der Waals surface area contributed by atoms with Gasteiger partial charge in [0.1, 0.15) is 0 Å². The molecule has 0 spiro atoms. The number of guanidine groups is 1. The van der Waals surface area contributed by atoms with Gasteiger partial charge in [-0.05, 0) is 30.5 Å². The summed E-state index contributed by atoms with van der Waals surface area (Å²) in [5.74, 6) is 0.854. The minimum absolute atomic E-state index is 0.317. The molecule has 1 N–H and O–H groups in total. The molecule has 6 heteroatoms. The van der Waals surface area contributed by atoms with Crippen LogP contribution in [-0.4, -0.2) is 43.0 Å². The summed E-state index contributed by atoms with van der Waals surface area (Å²) in [5.41, 5.74) is 3.48. The van der Waals surface area contributed by atoms with E-state index in [2.05, 4.69) is 22.4 Å². The molecule has 27 heavy (non-hydrogen) atoms. The van der Waals surface area contributed by atoms with Crippen molar-refractivity contribution in [3.8, 4) is 0 Å². The van der Waals surface area contributed by atoms with E-state index in [4.69, 9.17) is 9.72 Å². The van der Waals surface area contributed by atoms with Crippen molar-refractivity contribution in [3.63, 3.8) is 0 Å². The van der Waals surface area contributed by atoms with E-state index >= 15 is 0 Å². The third kappa shape index (κ3) is 5.06. The summed E-state index contributed by atoms with van der Waals surface area (Å²) in [4.78, 5) is 23.3. The zero-order chi connectivity index (χ0) is 19.2. The van der Waals surface area contributed by atoms with E-state index < -0.39 is 0 Å².